The maximum Gasteiger partial charge on any atom is 0.142 e. The van der Waals surface area contributed by atoms with Gasteiger partial charge in [0.15, 0.2) is 0 Å². The lowest BCUT2D eigenvalue weighted by molar-refractivity contribution is 0.615. The first-order valence-electron chi connectivity index (χ1n) is 7.46. The highest BCUT2D eigenvalue weighted by atomic mass is 15.2. The van der Waals surface area contributed by atoms with Gasteiger partial charge in [-0.2, -0.15) is 10.4 Å². The lowest BCUT2D eigenvalue weighted by atomic mass is 9.85. The second kappa shape index (κ2) is 5.64. The fourth-order valence-electron chi connectivity index (χ4n) is 3.09. The van der Waals surface area contributed by atoms with E-state index in [0.717, 1.165) is 41.8 Å². The minimum Gasteiger partial charge on any atom is -0.383 e. The van der Waals surface area contributed by atoms with Crippen LogP contribution in [0, 0.1) is 18.3 Å². The normalized spacial score (nSPS) is 17.4. The molecule has 0 fully saturated rings. The summed E-state index contributed by atoms with van der Waals surface area (Å²) in [5.74, 6) is 0.647. The molecular weight excluding hydrogens is 274 g/mol. The van der Waals surface area contributed by atoms with Gasteiger partial charge < -0.3 is 5.73 Å². The fourth-order valence-corrected chi connectivity index (χ4v) is 3.09. The molecule has 2 heterocycles. The summed E-state index contributed by atoms with van der Waals surface area (Å²) in [5, 5.41) is 13.8. The Morgan fingerprint density at radius 2 is 2.23 bits per heavy atom. The predicted molar refractivity (Wildman–Crippen MR) is 86.0 cm³/mol. The molecule has 2 aromatic heterocycles. The zero-order chi connectivity index (χ0) is 15.7. The van der Waals surface area contributed by atoms with E-state index in [9.17, 15) is 5.26 Å². The number of nitrogens with zero attached hydrogens (tertiary/aromatic N) is 4. The van der Waals surface area contributed by atoms with Crippen LogP contribution in [-0.2, 0) is 7.05 Å². The van der Waals surface area contributed by atoms with Gasteiger partial charge in [-0.15, -0.1) is 0 Å². The van der Waals surface area contributed by atoms with Gasteiger partial charge in [0.1, 0.15) is 11.9 Å². The molecule has 0 unspecified atom stereocenters. The van der Waals surface area contributed by atoms with Gasteiger partial charge in [0.2, 0.25) is 0 Å². The summed E-state index contributed by atoms with van der Waals surface area (Å²) in [4.78, 5) is 4.43. The van der Waals surface area contributed by atoms with E-state index < -0.39 is 0 Å². The highest BCUT2D eigenvalue weighted by molar-refractivity contribution is 5.68. The summed E-state index contributed by atoms with van der Waals surface area (Å²) in [6.07, 6.45) is 9.34. The van der Waals surface area contributed by atoms with Crippen molar-refractivity contribution in [3.8, 4) is 17.3 Å². The molecule has 0 saturated heterocycles. The van der Waals surface area contributed by atoms with Crippen molar-refractivity contribution in [3.63, 3.8) is 0 Å². The average molecular weight is 293 g/mol. The smallest absolute Gasteiger partial charge is 0.142 e. The first kappa shape index (κ1) is 14.3. The highest BCUT2D eigenvalue weighted by Crippen LogP contribution is 2.35. The first-order valence-corrected chi connectivity index (χ1v) is 7.46. The molecule has 0 saturated carbocycles. The SMILES string of the molecule is Cc1nn(C)cc1-c1cc([C@H]2CC=CCC2)c(C#N)c(N)n1. The van der Waals surface area contributed by atoms with Crippen molar-refractivity contribution < 1.29 is 0 Å². The van der Waals surface area contributed by atoms with Crippen LogP contribution < -0.4 is 5.73 Å². The second-order valence-electron chi connectivity index (χ2n) is 5.75. The first-order chi connectivity index (χ1) is 10.6. The lowest BCUT2D eigenvalue weighted by Gasteiger charge is -2.20. The van der Waals surface area contributed by atoms with Gasteiger partial charge in [-0.25, -0.2) is 4.98 Å². The van der Waals surface area contributed by atoms with Crippen molar-refractivity contribution in [2.45, 2.75) is 32.1 Å². The third-order valence-corrected chi connectivity index (χ3v) is 4.19. The number of nitrogens with two attached hydrogens (primary N) is 1. The standard InChI is InChI=1S/C17H19N5/c1-11-15(10-22(2)21-11)16-8-13(12-6-4-3-5-7-12)14(9-18)17(19)20-16/h3-4,8,10,12H,5-7H2,1-2H3,(H2,19,20)/t12-/m0/s1. The van der Waals surface area contributed by atoms with Crippen LogP contribution in [-0.4, -0.2) is 14.8 Å². The van der Waals surface area contributed by atoms with E-state index in [4.69, 9.17) is 5.73 Å². The number of pyridine rings is 1. The Hall–Kier alpha value is -2.61. The zero-order valence-corrected chi connectivity index (χ0v) is 12.9. The molecule has 3 rings (SSSR count). The molecule has 2 aromatic rings. The minimum atomic E-state index is 0.313. The van der Waals surface area contributed by atoms with E-state index in [1.807, 2.05) is 26.2 Å². The van der Waals surface area contributed by atoms with Crippen LogP contribution in [0.4, 0.5) is 5.82 Å². The number of rotatable bonds is 2. The van der Waals surface area contributed by atoms with E-state index in [1.165, 1.54) is 0 Å². The molecule has 0 radical (unpaired) electrons. The molecule has 0 amide bonds. The molecule has 0 spiro atoms. The molecule has 1 atom stereocenters. The topological polar surface area (TPSA) is 80.5 Å². The maximum atomic E-state index is 9.45. The molecule has 2 N–H and O–H groups in total. The summed E-state index contributed by atoms with van der Waals surface area (Å²) < 4.78 is 1.77. The summed E-state index contributed by atoms with van der Waals surface area (Å²) in [6, 6.07) is 4.24. The maximum absolute atomic E-state index is 9.45. The van der Waals surface area contributed by atoms with Crippen molar-refractivity contribution in [1.29, 1.82) is 5.26 Å². The number of allylic oxidation sites excluding steroid dienone is 2. The van der Waals surface area contributed by atoms with Crippen LogP contribution in [0.25, 0.3) is 11.3 Å². The largest absolute Gasteiger partial charge is 0.383 e. The van der Waals surface area contributed by atoms with Crippen LogP contribution >= 0.6 is 0 Å². The molecule has 1 aliphatic rings. The van der Waals surface area contributed by atoms with Crippen molar-refractivity contribution >= 4 is 5.82 Å². The molecule has 0 bridgehead atoms. The van der Waals surface area contributed by atoms with E-state index in [2.05, 4.69) is 28.3 Å². The molecular formula is C17H19N5. The van der Waals surface area contributed by atoms with E-state index in [-0.39, 0.29) is 0 Å². The molecule has 0 aromatic carbocycles. The van der Waals surface area contributed by atoms with Gasteiger partial charge in [0.05, 0.1) is 17.0 Å². The van der Waals surface area contributed by atoms with Crippen molar-refractivity contribution in [2.75, 3.05) is 5.73 Å². The van der Waals surface area contributed by atoms with Gasteiger partial charge in [-0.1, -0.05) is 12.2 Å². The monoisotopic (exact) mass is 293 g/mol. The summed E-state index contributed by atoms with van der Waals surface area (Å²) in [6.45, 7) is 1.95. The molecule has 112 valence electrons. The van der Waals surface area contributed by atoms with Gasteiger partial charge in [0, 0.05) is 18.8 Å². The van der Waals surface area contributed by atoms with Crippen molar-refractivity contribution in [3.05, 3.63) is 41.2 Å². The summed E-state index contributed by atoms with van der Waals surface area (Å²) >= 11 is 0. The molecule has 5 heteroatoms. The molecule has 5 nitrogen and oxygen atoms in total. The molecule has 0 aliphatic heterocycles. The minimum absolute atomic E-state index is 0.313. The molecule has 22 heavy (non-hydrogen) atoms. The Morgan fingerprint density at radius 3 is 2.82 bits per heavy atom. The number of nitriles is 1. The summed E-state index contributed by atoms with van der Waals surface area (Å²) in [7, 11) is 1.89. The second-order valence-corrected chi connectivity index (χ2v) is 5.75. The fraction of sp³-hybridized carbons (Fsp3) is 0.353. The Labute approximate surface area is 130 Å². The van der Waals surface area contributed by atoms with Gasteiger partial charge in [-0.05, 0) is 43.7 Å². The van der Waals surface area contributed by atoms with Crippen LogP contribution in [0.1, 0.15) is 42.0 Å². The Kier molecular flexibility index (Phi) is 3.68. The van der Waals surface area contributed by atoms with Crippen molar-refractivity contribution in [2.24, 2.45) is 7.05 Å². The number of aromatic nitrogens is 3. The van der Waals surface area contributed by atoms with Gasteiger partial charge >= 0.3 is 0 Å². The van der Waals surface area contributed by atoms with Crippen LogP contribution in [0.2, 0.25) is 0 Å². The number of nitrogen functional groups attached to an aromatic ring is 1. The summed E-state index contributed by atoms with van der Waals surface area (Å²) in [5.41, 5.74) is 10.3. The zero-order valence-electron chi connectivity index (χ0n) is 12.9. The van der Waals surface area contributed by atoms with E-state index >= 15 is 0 Å². The third kappa shape index (κ3) is 2.48. The number of aryl methyl sites for hydroxylation is 2. The number of hydrogen-bond donors (Lipinski definition) is 1. The quantitative estimate of drug-likeness (QED) is 0.863. The Balaban J connectivity index is 2.14. The molecule has 1 aliphatic carbocycles. The van der Waals surface area contributed by atoms with Crippen LogP contribution in [0.3, 0.4) is 0 Å². The van der Waals surface area contributed by atoms with Crippen LogP contribution in [0.15, 0.2) is 24.4 Å². The van der Waals surface area contributed by atoms with E-state index in [1.54, 1.807) is 4.68 Å². The van der Waals surface area contributed by atoms with Gasteiger partial charge in [0.25, 0.3) is 0 Å². The number of anilines is 1. The number of hydrogen-bond acceptors (Lipinski definition) is 4. The van der Waals surface area contributed by atoms with E-state index in [0.29, 0.717) is 17.3 Å². The van der Waals surface area contributed by atoms with Crippen molar-refractivity contribution in [1.82, 2.24) is 14.8 Å². The lowest BCUT2D eigenvalue weighted by Crippen LogP contribution is -2.08. The van der Waals surface area contributed by atoms with Gasteiger partial charge in [-0.3, -0.25) is 4.68 Å². The predicted octanol–water partition coefficient (Wildman–Crippen LogP) is 3.07. The third-order valence-electron chi connectivity index (χ3n) is 4.19. The average Bonchev–Trinajstić information content (AvgIpc) is 2.86. The Morgan fingerprint density at radius 1 is 1.41 bits per heavy atom. The highest BCUT2D eigenvalue weighted by Gasteiger charge is 2.21. The Bertz CT molecular complexity index is 779. The van der Waals surface area contributed by atoms with Crippen LogP contribution in [0.5, 0.6) is 0 Å².